The molecule has 2 N–H and O–H groups in total. The fraction of sp³-hybridized carbons (Fsp3) is 0.333. The van der Waals surface area contributed by atoms with Gasteiger partial charge in [0.05, 0.1) is 17.8 Å². The van der Waals surface area contributed by atoms with E-state index in [2.05, 4.69) is 23.5 Å². The van der Waals surface area contributed by atoms with Crippen molar-refractivity contribution < 1.29 is 14.9 Å². The Morgan fingerprint density at radius 2 is 2.04 bits per heavy atom. The van der Waals surface area contributed by atoms with Crippen LogP contribution in [0.25, 0.3) is 22.8 Å². The number of nitrogens with zero attached hydrogens (tertiary/aromatic N) is 4. The maximum atomic E-state index is 9.37. The fourth-order valence-electron chi connectivity index (χ4n) is 3.11. The van der Waals surface area contributed by atoms with Crippen LogP contribution in [0.3, 0.4) is 0 Å². The Morgan fingerprint density at radius 3 is 2.80 bits per heavy atom. The summed E-state index contributed by atoms with van der Waals surface area (Å²) in [4.78, 5) is 4.81. The number of hydrogen-bond donors (Lipinski definition) is 2. The molecule has 0 spiro atoms. The predicted octanol–water partition coefficient (Wildman–Crippen LogP) is 2.37. The molecule has 0 saturated carbocycles. The van der Waals surface area contributed by atoms with Crippen LogP contribution in [-0.2, 0) is 6.54 Å². The molecule has 1 aliphatic heterocycles. The number of fused-ring (bicyclic) bond motifs is 3. The van der Waals surface area contributed by atoms with Gasteiger partial charge in [0, 0.05) is 24.0 Å². The summed E-state index contributed by atoms with van der Waals surface area (Å²) in [6, 6.07) is 7.36. The zero-order valence-electron chi connectivity index (χ0n) is 14.1. The fourth-order valence-corrected chi connectivity index (χ4v) is 3.11. The summed E-state index contributed by atoms with van der Waals surface area (Å²) in [6.45, 7) is 5.33. The van der Waals surface area contributed by atoms with Gasteiger partial charge in [-0.05, 0) is 32.0 Å². The maximum absolute atomic E-state index is 9.37. The average molecular weight is 340 g/mol. The first-order valence-corrected chi connectivity index (χ1v) is 8.29. The summed E-state index contributed by atoms with van der Waals surface area (Å²) in [7, 11) is 0. The molecule has 0 amide bonds. The Hall–Kier alpha value is -2.64. The van der Waals surface area contributed by atoms with Gasteiger partial charge in [0.1, 0.15) is 23.9 Å². The van der Waals surface area contributed by atoms with Crippen LogP contribution in [0, 0.1) is 0 Å². The van der Waals surface area contributed by atoms with Crippen molar-refractivity contribution in [3.63, 3.8) is 0 Å². The van der Waals surface area contributed by atoms with Crippen molar-refractivity contribution in [1.82, 2.24) is 19.3 Å². The van der Waals surface area contributed by atoms with Crippen molar-refractivity contribution in [2.75, 3.05) is 6.61 Å². The Labute approximate surface area is 145 Å². The van der Waals surface area contributed by atoms with Crippen LogP contribution >= 0.6 is 0 Å². The Bertz CT molecular complexity index is 911. The predicted molar refractivity (Wildman–Crippen MR) is 91.9 cm³/mol. The third-order valence-electron chi connectivity index (χ3n) is 4.33. The molecule has 0 bridgehead atoms. The lowest BCUT2D eigenvalue weighted by Gasteiger charge is -2.10. The van der Waals surface area contributed by atoms with Gasteiger partial charge >= 0.3 is 0 Å². The van der Waals surface area contributed by atoms with E-state index in [1.165, 1.54) is 0 Å². The molecule has 0 fully saturated rings. The molecular weight excluding hydrogens is 320 g/mol. The third-order valence-corrected chi connectivity index (χ3v) is 4.33. The summed E-state index contributed by atoms with van der Waals surface area (Å²) in [5.74, 6) is 1.41. The maximum Gasteiger partial charge on any atom is 0.178 e. The quantitative estimate of drug-likeness (QED) is 0.715. The molecule has 0 radical (unpaired) electrons. The van der Waals surface area contributed by atoms with Crippen LogP contribution in [0.5, 0.6) is 5.75 Å². The summed E-state index contributed by atoms with van der Waals surface area (Å²) in [5, 5.41) is 23.1. The minimum Gasteiger partial charge on any atom is -0.491 e. The summed E-state index contributed by atoms with van der Waals surface area (Å²) < 4.78 is 9.78. The van der Waals surface area contributed by atoms with Crippen LogP contribution in [0.4, 0.5) is 0 Å². The monoisotopic (exact) mass is 340 g/mol. The highest BCUT2D eigenvalue weighted by Gasteiger charge is 2.21. The minimum absolute atomic E-state index is 0.246. The zero-order valence-corrected chi connectivity index (χ0v) is 14.1. The molecule has 1 aliphatic rings. The topological polar surface area (TPSA) is 85.3 Å². The summed E-state index contributed by atoms with van der Waals surface area (Å²) in [6.07, 6.45) is 2.28. The third kappa shape index (κ3) is 2.71. The molecule has 3 aromatic rings. The van der Waals surface area contributed by atoms with Gasteiger partial charge in [0.25, 0.3) is 0 Å². The molecule has 130 valence electrons. The van der Waals surface area contributed by atoms with Gasteiger partial charge < -0.3 is 19.5 Å². The zero-order chi connectivity index (χ0) is 17.6. The lowest BCUT2D eigenvalue weighted by molar-refractivity contribution is -0.0426. The van der Waals surface area contributed by atoms with E-state index >= 15 is 0 Å². The minimum atomic E-state index is -1.52. The van der Waals surface area contributed by atoms with E-state index in [0.29, 0.717) is 24.5 Å². The van der Waals surface area contributed by atoms with Crippen LogP contribution in [0.15, 0.2) is 36.7 Å². The van der Waals surface area contributed by atoms with E-state index in [1.54, 1.807) is 18.3 Å². The van der Waals surface area contributed by atoms with E-state index in [9.17, 15) is 10.2 Å². The molecule has 1 aromatic carbocycles. The lowest BCUT2D eigenvalue weighted by atomic mass is 10.1. The van der Waals surface area contributed by atoms with Gasteiger partial charge in [-0.1, -0.05) is 6.07 Å². The molecular formula is C18H20N4O3. The lowest BCUT2D eigenvalue weighted by Crippen LogP contribution is -2.05. The summed E-state index contributed by atoms with van der Waals surface area (Å²) >= 11 is 0. The van der Waals surface area contributed by atoms with E-state index in [0.717, 1.165) is 22.8 Å². The van der Waals surface area contributed by atoms with Gasteiger partial charge in [0.15, 0.2) is 6.29 Å². The molecule has 0 atom stereocenters. The molecule has 3 heterocycles. The van der Waals surface area contributed by atoms with Gasteiger partial charge in [0.2, 0.25) is 0 Å². The van der Waals surface area contributed by atoms with Crippen molar-refractivity contribution in [1.29, 1.82) is 0 Å². The van der Waals surface area contributed by atoms with E-state index in [1.807, 2.05) is 23.0 Å². The van der Waals surface area contributed by atoms with Crippen molar-refractivity contribution >= 4 is 0 Å². The number of benzene rings is 1. The molecule has 7 heteroatoms. The van der Waals surface area contributed by atoms with Crippen LogP contribution in [-0.4, -0.2) is 36.2 Å². The van der Waals surface area contributed by atoms with Gasteiger partial charge in [-0.2, -0.15) is 5.10 Å². The highest BCUT2D eigenvalue weighted by molar-refractivity contribution is 5.69. The Kier molecular flexibility index (Phi) is 3.82. The van der Waals surface area contributed by atoms with Crippen molar-refractivity contribution in [3.8, 4) is 28.5 Å². The van der Waals surface area contributed by atoms with Gasteiger partial charge in [-0.15, -0.1) is 0 Å². The van der Waals surface area contributed by atoms with Crippen molar-refractivity contribution in [3.05, 3.63) is 42.2 Å². The standard InChI is InChI=1S/C18H20N4O3/c1-11(2)22-15(5-6-19-22)14-10-21-7-8-25-16-9-12(18(23)24)3-4-13(16)17(21)20-14/h3-6,9-11,18,23-24H,7-8H2,1-2H3. The first-order valence-electron chi connectivity index (χ1n) is 8.29. The van der Waals surface area contributed by atoms with E-state index in [-0.39, 0.29) is 6.04 Å². The highest BCUT2D eigenvalue weighted by atomic mass is 16.5. The molecule has 0 aliphatic carbocycles. The van der Waals surface area contributed by atoms with Crippen molar-refractivity contribution in [2.45, 2.75) is 32.7 Å². The first-order chi connectivity index (χ1) is 12.0. The van der Waals surface area contributed by atoms with Gasteiger partial charge in [-0.25, -0.2) is 4.98 Å². The SMILES string of the molecule is CC(C)n1nccc1-c1cn2c(n1)-c1ccc(C(O)O)cc1OCC2. The number of hydrogen-bond acceptors (Lipinski definition) is 5. The first kappa shape index (κ1) is 15.9. The van der Waals surface area contributed by atoms with E-state index < -0.39 is 6.29 Å². The highest BCUT2D eigenvalue weighted by Crippen LogP contribution is 2.35. The van der Waals surface area contributed by atoms with E-state index in [4.69, 9.17) is 9.72 Å². The normalized spacial score (nSPS) is 13.5. The Morgan fingerprint density at radius 1 is 1.20 bits per heavy atom. The molecule has 7 nitrogen and oxygen atoms in total. The average Bonchev–Trinajstić information content (AvgIpc) is 3.18. The second kappa shape index (κ2) is 6.02. The van der Waals surface area contributed by atoms with Crippen LogP contribution in [0.2, 0.25) is 0 Å². The number of aliphatic hydroxyl groups is 2. The molecule has 0 unspecified atom stereocenters. The summed E-state index contributed by atoms with van der Waals surface area (Å²) in [5.41, 5.74) is 3.07. The Balaban J connectivity index is 1.82. The van der Waals surface area contributed by atoms with Crippen molar-refractivity contribution in [2.24, 2.45) is 0 Å². The second-order valence-electron chi connectivity index (χ2n) is 6.38. The smallest absolute Gasteiger partial charge is 0.178 e. The van der Waals surface area contributed by atoms with Crippen LogP contribution < -0.4 is 4.74 Å². The number of rotatable bonds is 3. The second-order valence-corrected chi connectivity index (χ2v) is 6.38. The number of aromatic nitrogens is 4. The molecule has 0 saturated heterocycles. The number of aliphatic hydroxyl groups excluding tert-OH is 1. The molecule has 25 heavy (non-hydrogen) atoms. The number of ether oxygens (including phenoxy) is 1. The molecule has 4 rings (SSSR count). The van der Waals surface area contributed by atoms with Crippen LogP contribution in [0.1, 0.15) is 31.7 Å². The largest absolute Gasteiger partial charge is 0.491 e. The number of imidazole rings is 1. The van der Waals surface area contributed by atoms with Gasteiger partial charge in [-0.3, -0.25) is 4.68 Å². The molecule has 2 aromatic heterocycles.